The van der Waals surface area contributed by atoms with E-state index in [4.69, 9.17) is 0 Å². The molecule has 0 aliphatic heterocycles. The first-order chi connectivity index (χ1) is 7.77. The number of benzene rings is 1. The van der Waals surface area contributed by atoms with Gasteiger partial charge in [-0.2, -0.15) is 0 Å². The third-order valence-corrected chi connectivity index (χ3v) is 3.21. The smallest absolute Gasteiger partial charge is 0.0871 e. The fraction of sp³-hybridized carbons (Fsp3) is 0.500. The molecule has 0 spiro atoms. The van der Waals surface area contributed by atoms with E-state index in [-0.39, 0.29) is 5.41 Å². The Kier molecular flexibility index (Phi) is 4.16. The van der Waals surface area contributed by atoms with Crippen molar-refractivity contribution in [1.29, 1.82) is 0 Å². The third-order valence-electron chi connectivity index (χ3n) is 3.21. The first-order valence-corrected chi connectivity index (χ1v) is 6.22. The summed E-state index contributed by atoms with van der Waals surface area (Å²) in [5.74, 6) is 0. The standard InChI is InChI=1S/C16H24O/c1-6-7-12-16(5,17)14-10-8-13(9-11-14)15(2,3)4/h6,8-11,17H,1,7,12H2,2-5H3. The van der Waals surface area contributed by atoms with E-state index in [9.17, 15) is 5.11 Å². The summed E-state index contributed by atoms with van der Waals surface area (Å²) in [6.07, 6.45) is 3.39. The molecule has 0 aliphatic rings. The number of rotatable bonds is 4. The molecule has 94 valence electrons. The molecule has 1 aromatic rings. The van der Waals surface area contributed by atoms with Gasteiger partial charge in [0, 0.05) is 0 Å². The monoisotopic (exact) mass is 232 g/mol. The quantitative estimate of drug-likeness (QED) is 0.773. The fourth-order valence-corrected chi connectivity index (χ4v) is 1.86. The molecule has 0 bridgehead atoms. The average Bonchev–Trinajstić information content (AvgIpc) is 2.25. The second-order valence-electron chi connectivity index (χ2n) is 5.93. The lowest BCUT2D eigenvalue weighted by Crippen LogP contribution is -2.21. The van der Waals surface area contributed by atoms with Crippen LogP contribution in [0.25, 0.3) is 0 Å². The van der Waals surface area contributed by atoms with Gasteiger partial charge < -0.3 is 5.11 Å². The van der Waals surface area contributed by atoms with Crippen LogP contribution >= 0.6 is 0 Å². The topological polar surface area (TPSA) is 20.2 Å². The molecule has 17 heavy (non-hydrogen) atoms. The Labute approximate surface area is 105 Å². The summed E-state index contributed by atoms with van der Waals surface area (Å²) < 4.78 is 0. The highest BCUT2D eigenvalue weighted by Gasteiger charge is 2.22. The molecule has 1 heteroatoms. The van der Waals surface area contributed by atoms with Crippen molar-refractivity contribution >= 4 is 0 Å². The summed E-state index contributed by atoms with van der Waals surface area (Å²) in [6, 6.07) is 8.28. The molecule has 0 saturated heterocycles. The fourth-order valence-electron chi connectivity index (χ4n) is 1.86. The summed E-state index contributed by atoms with van der Waals surface area (Å²) in [5, 5.41) is 10.4. The summed E-state index contributed by atoms with van der Waals surface area (Å²) in [5.41, 5.74) is 1.67. The Balaban J connectivity index is 2.90. The Morgan fingerprint density at radius 1 is 1.06 bits per heavy atom. The van der Waals surface area contributed by atoms with Gasteiger partial charge in [0.2, 0.25) is 0 Å². The minimum Gasteiger partial charge on any atom is -0.385 e. The zero-order chi connectivity index (χ0) is 13.1. The predicted octanol–water partition coefficient (Wildman–Crippen LogP) is 4.16. The van der Waals surface area contributed by atoms with Gasteiger partial charge in [0.05, 0.1) is 5.60 Å². The molecule has 0 aliphatic carbocycles. The van der Waals surface area contributed by atoms with Crippen molar-refractivity contribution in [2.24, 2.45) is 0 Å². The lowest BCUT2D eigenvalue weighted by Gasteiger charge is -2.25. The van der Waals surface area contributed by atoms with Gasteiger partial charge in [0.25, 0.3) is 0 Å². The van der Waals surface area contributed by atoms with E-state index < -0.39 is 5.60 Å². The molecule has 1 aromatic carbocycles. The van der Waals surface area contributed by atoms with Crippen molar-refractivity contribution in [1.82, 2.24) is 0 Å². The zero-order valence-corrected chi connectivity index (χ0v) is 11.5. The second-order valence-corrected chi connectivity index (χ2v) is 5.93. The summed E-state index contributed by atoms with van der Waals surface area (Å²) in [6.45, 7) is 12.1. The van der Waals surface area contributed by atoms with Crippen LogP contribution in [0.2, 0.25) is 0 Å². The van der Waals surface area contributed by atoms with Crippen LogP contribution in [0.3, 0.4) is 0 Å². The summed E-state index contributed by atoms with van der Waals surface area (Å²) in [4.78, 5) is 0. The first kappa shape index (κ1) is 14.0. The number of aliphatic hydroxyl groups is 1. The van der Waals surface area contributed by atoms with Gasteiger partial charge in [-0.1, -0.05) is 51.1 Å². The van der Waals surface area contributed by atoms with Gasteiger partial charge in [-0.15, -0.1) is 6.58 Å². The van der Waals surface area contributed by atoms with Crippen LogP contribution < -0.4 is 0 Å². The molecule has 1 rings (SSSR count). The lowest BCUT2D eigenvalue weighted by atomic mass is 9.84. The molecule has 0 radical (unpaired) electrons. The average molecular weight is 232 g/mol. The predicted molar refractivity (Wildman–Crippen MR) is 74.1 cm³/mol. The maximum absolute atomic E-state index is 10.4. The normalized spacial score (nSPS) is 15.4. The Bertz CT molecular complexity index is 366. The van der Waals surface area contributed by atoms with Gasteiger partial charge >= 0.3 is 0 Å². The van der Waals surface area contributed by atoms with Crippen molar-refractivity contribution in [3.63, 3.8) is 0 Å². The molecule has 0 fully saturated rings. The molecule has 0 heterocycles. The molecule has 1 nitrogen and oxygen atoms in total. The SMILES string of the molecule is C=CCCC(C)(O)c1ccc(C(C)(C)C)cc1. The van der Waals surface area contributed by atoms with Gasteiger partial charge in [-0.05, 0) is 36.3 Å². The Morgan fingerprint density at radius 2 is 1.53 bits per heavy atom. The van der Waals surface area contributed by atoms with E-state index in [2.05, 4.69) is 39.5 Å². The van der Waals surface area contributed by atoms with Crippen molar-refractivity contribution in [2.45, 2.75) is 51.6 Å². The number of hydrogen-bond acceptors (Lipinski definition) is 1. The largest absolute Gasteiger partial charge is 0.385 e. The van der Waals surface area contributed by atoms with Crippen LogP contribution in [0.4, 0.5) is 0 Å². The van der Waals surface area contributed by atoms with E-state index in [1.54, 1.807) is 0 Å². The first-order valence-electron chi connectivity index (χ1n) is 6.22. The number of allylic oxidation sites excluding steroid dienone is 1. The summed E-state index contributed by atoms with van der Waals surface area (Å²) >= 11 is 0. The van der Waals surface area contributed by atoms with Crippen molar-refractivity contribution < 1.29 is 5.11 Å². The number of hydrogen-bond donors (Lipinski definition) is 1. The van der Waals surface area contributed by atoms with Crippen LogP contribution in [-0.2, 0) is 11.0 Å². The molecular weight excluding hydrogens is 208 g/mol. The van der Waals surface area contributed by atoms with Crippen molar-refractivity contribution in [2.75, 3.05) is 0 Å². The van der Waals surface area contributed by atoms with Crippen LogP contribution in [0.1, 0.15) is 51.7 Å². The third kappa shape index (κ3) is 3.71. The lowest BCUT2D eigenvalue weighted by molar-refractivity contribution is 0.0488. The molecule has 0 saturated carbocycles. The van der Waals surface area contributed by atoms with E-state index in [0.717, 1.165) is 12.0 Å². The summed E-state index contributed by atoms with van der Waals surface area (Å²) in [7, 11) is 0. The molecular formula is C16H24O. The Morgan fingerprint density at radius 3 is 1.94 bits per heavy atom. The van der Waals surface area contributed by atoms with E-state index >= 15 is 0 Å². The molecule has 1 N–H and O–H groups in total. The van der Waals surface area contributed by atoms with Crippen LogP contribution in [-0.4, -0.2) is 5.11 Å². The zero-order valence-electron chi connectivity index (χ0n) is 11.5. The van der Waals surface area contributed by atoms with Gasteiger partial charge in [-0.3, -0.25) is 0 Å². The highest BCUT2D eigenvalue weighted by atomic mass is 16.3. The molecule has 1 atom stereocenters. The van der Waals surface area contributed by atoms with Gasteiger partial charge in [0.1, 0.15) is 0 Å². The minimum atomic E-state index is -0.759. The highest BCUT2D eigenvalue weighted by molar-refractivity contribution is 5.30. The Hall–Kier alpha value is -1.08. The highest BCUT2D eigenvalue weighted by Crippen LogP contribution is 2.29. The molecule has 0 aromatic heterocycles. The van der Waals surface area contributed by atoms with Crippen LogP contribution in [0, 0.1) is 0 Å². The van der Waals surface area contributed by atoms with Gasteiger partial charge in [-0.25, -0.2) is 0 Å². The molecule has 1 unspecified atom stereocenters. The van der Waals surface area contributed by atoms with Crippen LogP contribution in [0.5, 0.6) is 0 Å². The van der Waals surface area contributed by atoms with Gasteiger partial charge in [0.15, 0.2) is 0 Å². The van der Waals surface area contributed by atoms with E-state index in [1.165, 1.54) is 5.56 Å². The van der Waals surface area contributed by atoms with E-state index in [1.807, 2.05) is 25.1 Å². The maximum atomic E-state index is 10.4. The van der Waals surface area contributed by atoms with Crippen LogP contribution in [0.15, 0.2) is 36.9 Å². The van der Waals surface area contributed by atoms with Crippen molar-refractivity contribution in [3.05, 3.63) is 48.0 Å². The minimum absolute atomic E-state index is 0.158. The van der Waals surface area contributed by atoms with Crippen molar-refractivity contribution in [3.8, 4) is 0 Å². The van der Waals surface area contributed by atoms with E-state index in [0.29, 0.717) is 6.42 Å². The maximum Gasteiger partial charge on any atom is 0.0871 e. The second kappa shape index (κ2) is 5.05. The molecule has 0 amide bonds.